The minimum Gasteiger partial charge on any atom is -0.464 e. The van der Waals surface area contributed by atoms with E-state index in [1.807, 2.05) is 9.80 Å². The summed E-state index contributed by atoms with van der Waals surface area (Å²) < 4.78 is 18.2. The molecule has 57 heavy (non-hydrogen) atoms. The van der Waals surface area contributed by atoms with Crippen LogP contribution in [-0.2, 0) is 58.2 Å². The van der Waals surface area contributed by atoms with Crippen molar-refractivity contribution in [2.24, 2.45) is 0 Å². The lowest BCUT2D eigenvalue weighted by Crippen LogP contribution is -2.27. The first-order valence-corrected chi connectivity index (χ1v) is 17.5. The summed E-state index contributed by atoms with van der Waals surface area (Å²) in [5.74, 6) is -1.13. The first-order chi connectivity index (χ1) is 27.6. The Balaban J connectivity index is 0.00000136. The third-order valence-corrected chi connectivity index (χ3v) is 7.59. The highest BCUT2D eigenvalue weighted by molar-refractivity contribution is 5.87. The summed E-state index contributed by atoms with van der Waals surface area (Å²) in [6, 6.07) is 23.4. The Morgan fingerprint density at radius 1 is 0.544 bits per heavy atom. The zero-order valence-electron chi connectivity index (χ0n) is 32.8. The number of aromatic nitrogens is 5. The first-order valence-electron chi connectivity index (χ1n) is 17.5. The van der Waals surface area contributed by atoms with Crippen molar-refractivity contribution in [3.05, 3.63) is 152 Å². The molecular weight excluding hydrogens is 734 g/mol. The summed E-state index contributed by atoms with van der Waals surface area (Å²) in [6.45, 7) is 1.66. The van der Waals surface area contributed by atoms with Gasteiger partial charge < -0.3 is 23.9 Å². The molecule has 16 nitrogen and oxygen atoms in total. The van der Waals surface area contributed by atoms with Gasteiger partial charge in [-0.05, 0) is 48.5 Å². The number of hydrogen-bond acceptors (Lipinski definition) is 15. The third-order valence-electron chi connectivity index (χ3n) is 7.59. The number of carbonyl (C=O) groups excluding carboxylic acids is 4. The molecule has 0 amide bonds. The number of ether oxygens (including phenoxy) is 4. The normalized spacial score (nSPS) is 10.5. The lowest BCUT2D eigenvalue weighted by molar-refractivity contribution is 0.0584. The van der Waals surface area contributed by atoms with Crippen LogP contribution in [-0.4, -0.2) is 102 Å². The molecule has 16 heteroatoms. The van der Waals surface area contributed by atoms with Gasteiger partial charge in [-0.2, -0.15) is 0 Å². The van der Waals surface area contributed by atoms with Crippen LogP contribution in [0.5, 0.6) is 0 Å². The zero-order chi connectivity index (χ0) is 41.6. The molecule has 0 atom stereocenters. The highest BCUT2D eigenvalue weighted by Gasteiger charge is 2.17. The van der Waals surface area contributed by atoms with Crippen molar-refractivity contribution >= 4 is 24.5 Å². The van der Waals surface area contributed by atoms with Gasteiger partial charge in [0.25, 0.3) is 0 Å². The molecule has 0 spiro atoms. The highest BCUT2D eigenvalue weighted by atomic mass is 16.5. The molecule has 5 aromatic rings. The average molecular weight is 782 g/mol. The molecule has 0 aromatic carbocycles. The number of H-pyrrole nitrogens is 1. The number of methoxy groups -OCH3 is 4. The molecule has 0 aliphatic carbocycles. The van der Waals surface area contributed by atoms with Crippen LogP contribution in [0.2, 0.25) is 0 Å². The quantitative estimate of drug-likeness (QED) is 0.111. The maximum absolute atomic E-state index is 13.1. The SMILES string of the molecule is COC.COC.COC(=O)c1cccc(CN(Cc2cccc(C=O)n2)Cc2cc(=O)cc(CN(Cc3cccc(C=O)n3)Cc3cccc(C(=O)OC)n3)[nH]2)n1. The van der Waals surface area contributed by atoms with E-state index in [0.29, 0.717) is 59.8 Å². The molecule has 0 unspecified atom stereocenters. The predicted molar refractivity (Wildman–Crippen MR) is 209 cm³/mol. The Kier molecular flexibility index (Phi) is 19.2. The fraction of sp³-hybridized carbons (Fsp3) is 0.293. The number of carbonyl (C=O) groups is 4. The number of nitrogens with one attached hydrogen (secondary N) is 1. The van der Waals surface area contributed by atoms with Crippen LogP contribution in [0, 0.1) is 0 Å². The minimum atomic E-state index is -0.564. The number of nitrogens with zero attached hydrogens (tertiary/aromatic N) is 6. The molecule has 300 valence electrons. The number of rotatable bonds is 16. The highest BCUT2D eigenvalue weighted by Crippen LogP contribution is 2.16. The summed E-state index contributed by atoms with van der Waals surface area (Å²) >= 11 is 0. The Hall–Kier alpha value is -6.33. The van der Waals surface area contributed by atoms with Crippen molar-refractivity contribution in [1.29, 1.82) is 0 Å². The van der Waals surface area contributed by atoms with Crippen LogP contribution in [0.1, 0.15) is 76.1 Å². The maximum atomic E-state index is 13.1. The lowest BCUT2D eigenvalue weighted by atomic mass is 10.2. The van der Waals surface area contributed by atoms with Gasteiger partial charge in [0, 0.05) is 91.2 Å². The average Bonchev–Trinajstić information content (AvgIpc) is 3.21. The molecule has 5 aromatic heterocycles. The predicted octanol–water partition coefficient (Wildman–Crippen LogP) is 4.08. The third kappa shape index (κ3) is 15.4. The molecule has 0 aliphatic heterocycles. The first kappa shape index (κ1) is 45.1. The topological polar surface area (TPSA) is 196 Å². The summed E-state index contributed by atoms with van der Waals surface area (Å²) in [6.07, 6.45) is 1.35. The molecule has 5 heterocycles. The van der Waals surface area contributed by atoms with Crippen LogP contribution in [0.4, 0.5) is 0 Å². The number of aromatic amines is 1. The Labute approximate surface area is 330 Å². The van der Waals surface area contributed by atoms with Gasteiger partial charge in [0.2, 0.25) is 0 Å². The molecule has 0 radical (unpaired) electrons. The molecule has 0 aliphatic rings. The van der Waals surface area contributed by atoms with E-state index in [0.717, 1.165) is 0 Å². The molecule has 1 N–H and O–H groups in total. The van der Waals surface area contributed by atoms with Gasteiger partial charge in [-0.25, -0.2) is 29.5 Å². The molecular formula is C41H47N7O9. The molecule has 0 saturated heterocycles. The maximum Gasteiger partial charge on any atom is 0.356 e. The number of aldehydes is 2. The van der Waals surface area contributed by atoms with Crippen LogP contribution < -0.4 is 5.43 Å². The van der Waals surface area contributed by atoms with Crippen molar-refractivity contribution in [3.8, 4) is 0 Å². The Bertz CT molecular complexity index is 1980. The van der Waals surface area contributed by atoms with Gasteiger partial charge in [0.15, 0.2) is 18.0 Å². The Morgan fingerprint density at radius 3 is 1.21 bits per heavy atom. The minimum absolute atomic E-state index is 0.159. The van der Waals surface area contributed by atoms with Gasteiger partial charge in [-0.3, -0.25) is 24.2 Å². The van der Waals surface area contributed by atoms with Crippen LogP contribution in [0.3, 0.4) is 0 Å². The lowest BCUT2D eigenvalue weighted by Gasteiger charge is -2.24. The van der Waals surface area contributed by atoms with E-state index >= 15 is 0 Å². The fourth-order valence-electron chi connectivity index (χ4n) is 5.44. The summed E-state index contributed by atoms with van der Waals surface area (Å²) in [4.78, 5) is 85.3. The van der Waals surface area contributed by atoms with Gasteiger partial charge in [0.05, 0.1) is 37.0 Å². The van der Waals surface area contributed by atoms with E-state index in [9.17, 15) is 24.0 Å². The van der Waals surface area contributed by atoms with Gasteiger partial charge in [-0.1, -0.05) is 24.3 Å². The molecule has 5 rings (SSSR count). The number of hydrogen-bond donors (Lipinski definition) is 1. The van der Waals surface area contributed by atoms with E-state index in [-0.39, 0.29) is 54.4 Å². The van der Waals surface area contributed by atoms with E-state index in [1.165, 1.54) is 26.4 Å². The second kappa shape index (κ2) is 24.2. The van der Waals surface area contributed by atoms with Crippen LogP contribution >= 0.6 is 0 Å². The van der Waals surface area contributed by atoms with Crippen molar-refractivity contribution in [3.63, 3.8) is 0 Å². The second-order valence-electron chi connectivity index (χ2n) is 12.3. The monoisotopic (exact) mass is 781 g/mol. The van der Waals surface area contributed by atoms with Crippen molar-refractivity contribution in [2.45, 2.75) is 39.3 Å². The van der Waals surface area contributed by atoms with E-state index in [1.54, 1.807) is 101 Å². The molecule has 0 bridgehead atoms. The van der Waals surface area contributed by atoms with Gasteiger partial charge >= 0.3 is 11.9 Å². The summed E-state index contributed by atoms with van der Waals surface area (Å²) in [7, 11) is 9.07. The standard InChI is InChI=1S/C37H35N7O7.2C2H6O/c1-50-36(48)34-13-5-9-27(41-34)19-43(17-25-7-3-11-29(23-45)38-25)21-31-15-33(47)16-32(40-31)22-44(18-26-8-4-12-30(24-46)39-26)20-28-10-6-14-35(42-28)37(49)51-2;2*1-3-2/h3-16,23-24H,17-22H2,1-2H3,(H,40,47);2*1-2H3. The smallest absolute Gasteiger partial charge is 0.356 e. The van der Waals surface area contributed by atoms with Crippen molar-refractivity contribution < 1.29 is 38.1 Å². The molecule has 0 fully saturated rings. The van der Waals surface area contributed by atoms with E-state index < -0.39 is 11.9 Å². The number of esters is 2. The van der Waals surface area contributed by atoms with Crippen molar-refractivity contribution in [1.82, 2.24) is 34.7 Å². The van der Waals surface area contributed by atoms with E-state index in [2.05, 4.69) is 34.4 Å². The summed E-state index contributed by atoms with van der Waals surface area (Å²) in [5, 5.41) is 0. The number of pyridine rings is 5. The van der Waals surface area contributed by atoms with Crippen LogP contribution in [0.25, 0.3) is 0 Å². The zero-order valence-corrected chi connectivity index (χ0v) is 32.8. The second-order valence-corrected chi connectivity index (χ2v) is 12.3. The summed E-state index contributed by atoms with van der Waals surface area (Å²) in [5.41, 5.74) is 4.28. The van der Waals surface area contributed by atoms with Crippen molar-refractivity contribution in [2.75, 3.05) is 42.7 Å². The largest absolute Gasteiger partial charge is 0.464 e. The molecule has 0 saturated carbocycles. The van der Waals surface area contributed by atoms with Gasteiger partial charge in [0.1, 0.15) is 22.8 Å². The Morgan fingerprint density at radius 2 is 0.877 bits per heavy atom. The van der Waals surface area contributed by atoms with Gasteiger partial charge in [-0.15, -0.1) is 0 Å². The fourth-order valence-corrected chi connectivity index (χ4v) is 5.44. The van der Waals surface area contributed by atoms with E-state index in [4.69, 9.17) is 9.47 Å². The van der Waals surface area contributed by atoms with Crippen LogP contribution in [0.15, 0.2) is 89.7 Å².